The van der Waals surface area contributed by atoms with E-state index in [0.29, 0.717) is 5.84 Å². The molecule has 0 saturated carbocycles. The minimum atomic E-state index is 0.689. The number of nitrogens with one attached hydrogen (secondary N) is 2. The standard InChI is InChI=1S/C36H24N4/c1-3-9-25-19-27(15-13-23(25)7-1)34-30-11-5-6-12-31(30)35(28-16-14-24-8-2-4-10-26(24)20-28)33-21-29(17-18-32(33)34)36-39-37-22-38-40-36/h1-22H,(H,37,38)(H,39,40). The van der Waals surface area contributed by atoms with Gasteiger partial charge in [0.1, 0.15) is 6.34 Å². The molecule has 0 aromatic heterocycles. The Hall–Kier alpha value is -5.48. The summed E-state index contributed by atoms with van der Waals surface area (Å²) in [4.78, 5) is 0. The van der Waals surface area contributed by atoms with Crippen molar-refractivity contribution < 1.29 is 0 Å². The summed E-state index contributed by atoms with van der Waals surface area (Å²) in [6, 6.07) is 46.0. The molecule has 0 amide bonds. The van der Waals surface area contributed by atoms with E-state index in [4.69, 9.17) is 0 Å². The molecule has 0 saturated heterocycles. The van der Waals surface area contributed by atoms with Crippen LogP contribution in [0.3, 0.4) is 0 Å². The SMILES string of the molecule is C1=NN=C(c2ccc3c(-c4ccc5ccccc5c4)c4ccccc4c(-c4ccc5ccccc5c4)c3c2)NN1. The molecule has 7 aromatic rings. The van der Waals surface area contributed by atoms with Gasteiger partial charge < -0.3 is 0 Å². The molecule has 4 heteroatoms. The van der Waals surface area contributed by atoms with E-state index in [-0.39, 0.29) is 0 Å². The van der Waals surface area contributed by atoms with Gasteiger partial charge >= 0.3 is 0 Å². The third kappa shape index (κ3) is 3.62. The number of hydrogen-bond donors (Lipinski definition) is 2. The van der Waals surface area contributed by atoms with Crippen molar-refractivity contribution in [3.8, 4) is 22.3 Å². The minimum Gasteiger partial charge on any atom is -0.287 e. The smallest absolute Gasteiger partial charge is 0.174 e. The second kappa shape index (κ2) is 9.07. The van der Waals surface area contributed by atoms with E-state index in [0.717, 1.165) is 5.56 Å². The van der Waals surface area contributed by atoms with Crippen LogP contribution in [0.4, 0.5) is 0 Å². The van der Waals surface area contributed by atoms with Gasteiger partial charge in [0.2, 0.25) is 0 Å². The van der Waals surface area contributed by atoms with Crippen molar-refractivity contribution in [3.63, 3.8) is 0 Å². The van der Waals surface area contributed by atoms with E-state index in [1.165, 1.54) is 71.7 Å². The number of nitrogens with zero attached hydrogens (tertiary/aromatic N) is 2. The lowest BCUT2D eigenvalue weighted by Crippen LogP contribution is -2.39. The molecule has 4 nitrogen and oxygen atoms in total. The van der Waals surface area contributed by atoms with E-state index in [2.05, 4.69) is 148 Å². The van der Waals surface area contributed by atoms with Crippen LogP contribution in [-0.4, -0.2) is 12.2 Å². The van der Waals surface area contributed by atoms with Crippen molar-refractivity contribution in [2.24, 2.45) is 10.2 Å². The van der Waals surface area contributed by atoms with E-state index >= 15 is 0 Å². The summed E-state index contributed by atoms with van der Waals surface area (Å²) in [5, 5.41) is 18.2. The lowest BCUT2D eigenvalue weighted by Gasteiger charge is -2.20. The van der Waals surface area contributed by atoms with Crippen molar-refractivity contribution in [1.82, 2.24) is 10.9 Å². The summed E-state index contributed by atoms with van der Waals surface area (Å²) in [7, 11) is 0. The molecule has 0 unspecified atom stereocenters. The van der Waals surface area contributed by atoms with Gasteiger partial charge in [0.15, 0.2) is 5.84 Å². The molecule has 0 radical (unpaired) electrons. The predicted molar refractivity (Wildman–Crippen MR) is 169 cm³/mol. The van der Waals surface area contributed by atoms with Crippen molar-refractivity contribution in [2.45, 2.75) is 0 Å². The number of fused-ring (bicyclic) bond motifs is 4. The van der Waals surface area contributed by atoms with Gasteiger partial charge in [-0.25, -0.2) is 0 Å². The van der Waals surface area contributed by atoms with E-state index in [1.54, 1.807) is 0 Å². The maximum atomic E-state index is 4.34. The van der Waals surface area contributed by atoms with Crippen LogP contribution < -0.4 is 10.9 Å². The van der Waals surface area contributed by atoms with E-state index in [1.807, 2.05) is 0 Å². The summed E-state index contributed by atoms with van der Waals surface area (Å²) < 4.78 is 0. The number of benzene rings is 7. The first-order valence-electron chi connectivity index (χ1n) is 13.4. The third-order valence-corrected chi connectivity index (χ3v) is 7.84. The maximum Gasteiger partial charge on any atom is 0.174 e. The average molecular weight is 513 g/mol. The quantitative estimate of drug-likeness (QED) is 0.233. The molecule has 8 rings (SSSR count). The highest BCUT2D eigenvalue weighted by Gasteiger charge is 2.19. The lowest BCUT2D eigenvalue weighted by atomic mass is 9.84. The van der Waals surface area contributed by atoms with Gasteiger partial charge in [-0.05, 0) is 83.5 Å². The molecule has 0 fully saturated rings. The molecule has 0 aliphatic carbocycles. The topological polar surface area (TPSA) is 48.8 Å². The summed E-state index contributed by atoms with van der Waals surface area (Å²) in [5.74, 6) is 0.689. The monoisotopic (exact) mass is 512 g/mol. The second-order valence-corrected chi connectivity index (χ2v) is 10.1. The Labute approximate surface area is 231 Å². The number of amidine groups is 1. The summed E-state index contributed by atoms with van der Waals surface area (Å²) in [6.07, 6.45) is 1.54. The van der Waals surface area contributed by atoms with E-state index in [9.17, 15) is 0 Å². The molecule has 7 aromatic carbocycles. The molecule has 40 heavy (non-hydrogen) atoms. The van der Waals surface area contributed by atoms with Crippen LogP contribution in [0.5, 0.6) is 0 Å². The highest BCUT2D eigenvalue weighted by atomic mass is 15.5. The molecule has 0 bridgehead atoms. The first-order valence-corrected chi connectivity index (χ1v) is 13.4. The van der Waals surface area contributed by atoms with Gasteiger partial charge in [-0.15, -0.1) is 10.2 Å². The van der Waals surface area contributed by atoms with Gasteiger partial charge in [-0.1, -0.05) is 109 Å². The Morgan fingerprint density at radius 2 is 0.950 bits per heavy atom. The molecule has 1 aliphatic rings. The Kier molecular flexibility index (Phi) is 5.10. The van der Waals surface area contributed by atoms with Crippen LogP contribution >= 0.6 is 0 Å². The van der Waals surface area contributed by atoms with Crippen molar-refractivity contribution >= 4 is 55.3 Å². The molecule has 1 heterocycles. The van der Waals surface area contributed by atoms with Crippen LogP contribution in [0.2, 0.25) is 0 Å². The number of rotatable bonds is 3. The summed E-state index contributed by atoms with van der Waals surface area (Å²) >= 11 is 0. The van der Waals surface area contributed by atoms with Crippen molar-refractivity contribution in [3.05, 3.63) is 133 Å². The van der Waals surface area contributed by atoms with Crippen molar-refractivity contribution in [1.29, 1.82) is 0 Å². The summed E-state index contributed by atoms with van der Waals surface area (Å²) in [6.45, 7) is 0. The average Bonchev–Trinajstić information content (AvgIpc) is 3.03. The van der Waals surface area contributed by atoms with Gasteiger partial charge in [0.25, 0.3) is 0 Å². The van der Waals surface area contributed by atoms with Crippen LogP contribution in [0.1, 0.15) is 5.56 Å². The largest absolute Gasteiger partial charge is 0.287 e. The van der Waals surface area contributed by atoms with Gasteiger partial charge in [0.05, 0.1) is 0 Å². The molecular formula is C36H24N4. The molecular weight excluding hydrogens is 488 g/mol. The zero-order valence-electron chi connectivity index (χ0n) is 21.6. The zero-order chi connectivity index (χ0) is 26.5. The summed E-state index contributed by atoms with van der Waals surface area (Å²) in [5.41, 5.74) is 11.9. The normalized spacial score (nSPS) is 12.9. The molecule has 188 valence electrons. The predicted octanol–water partition coefficient (Wildman–Crippen LogP) is 8.43. The van der Waals surface area contributed by atoms with Crippen LogP contribution in [0.15, 0.2) is 138 Å². The molecule has 0 atom stereocenters. The van der Waals surface area contributed by atoms with Crippen LogP contribution in [-0.2, 0) is 0 Å². The number of hydrazine groups is 1. The van der Waals surface area contributed by atoms with Gasteiger partial charge in [-0.3, -0.25) is 10.9 Å². The Balaban J connectivity index is 1.50. The van der Waals surface area contributed by atoms with E-state index < -0.39 is 0 Å². The van der Waals surface area contributed by atoms with Crippen LogP contribution in [0.25, 0.3) is 65.3 Å². The third-order valence-electron chi connectivity index (χ3n) is 7.84. The maximum absolute atomic E-state index is 4.34. The highest BCUT2D eigenvalue weighted by Crippen LogP contribution is 2.44. The highest BCUT2D eigenvalue weighted by molar-refractivity contribution is 6.23. The fourth-order valence-corrected chi connectivity index (χ4v) is 6.01. The molecule has 2 N–H and O–H groups in total. The lowest BCUT2D eigenvalue weighted by molar-refractivity contribution is 0.845. The minimum absolute atomic E-state index is 0.689. The second-order valence-electron chi connectivity index (χ2n) is 10.1. The van der Waals surface area contributed by atoms with Gasteiger partial charge in [-0.2, -0.15) is 0 Å². The van der Waals surface area contributed by atoms with Crippen LogP contribution in [0, 0.1) is 0 Å². The first kappa shape index (κ1) is 22.5. The first-order chi connectivity index (χ1) is 19.8. The fraction of sp³-hybridized carbons (Fsp3) is 0. The Bertz CT molecular complexity index is 2170. The van der Waals surface area contributed by atoms with Gasteiger partial charge in [0, 0.05) is 5.56 Å². The molecule has 1 aliphatic heterocycles. The number of hydrogen-bond acceptors (Lipinski definition) is 4. The van der Waals surface area contributed by atoms with Crippen molar-refractivity contribution in [2.75, 3.05) is 0 Å². The Morgan fingerprint density at radius 1 is 0.425 bits per heavy atom. The molecule has 0 spiro atoms. The fourth-order valence-electron chi connectivity index (χ4n) is 6.01. The zero-order valence-corrected chi connectivity index (χ0v) is 21.6. The Morgan fingerprint density at radius 3 is 1.55 bits per heavy atom.